The molecule has 23 heavy (non-hydrogen) atoms. The molecule has 0 saturated carbocycles. The maximum atomic E-state index is 11.8. The molecule has 1 aromatic heterocycles. The lowest BCUT2D eigenvalue weighted by molar-refractivity contribution is -0.115. The van der Waals surface area contributed by atoms with Crippen LogP contribution in [0.2, 0.25) is 0 Å². The van der Waals surface area contributed by atoms with Crippen LogP contribution < -0.4 is 16.0 Å². The van der Waals surface area contributed by atoms with Gasteiger partial charge in [-0.1, -0.05) is 12.1 Å². The van der Waals surface area contributed by atoms with E-state index in [-0.39, 0.29) is 11.8 Å². The summed E-state index contributed by atoms with van der Waals surface area (Å²) < 4.78 is 0. The van der Waals surface area contributed by atoms with Gasteiger partial charge in [-0.15, -0.1) is 11.3 Å². The maximum absolute atomic E-state index is 11.8. The molecule has 1 fully saturated rings. The van der Waals surface area contributed by atoms with E-state index in [2.05, 4.69) is 16.0 Å². The zero-order valence-electron chi connectivity index (χ0n) is 11.8. The number of fused-ring (bicyclic) bond motifs is 1. The first-order valence-electron chi connectivity index (χ1n) is 6.95. The first-order valence-corrected chi connectivity index (χ1v) is 8.18. The van der Waals surface area contributed by atoms with E-state index in [0.717, 1.165) is 26.4 Å². The number of hydrogen-bond donors (Lipinski definition) is 3. The number of rotatable bonds is 2. The minimum Gasteiger partial charge on any atom is -0.348 e. The Kier molecular flexibility index (Phi) is 3.24. The fraction of sp³-hybridized carbons (Fsp3) is 0.0625. The Hall–Kier alpha value is -2.51. The third kappa shape index (κ3) is 2.54. The zero-order valence-corrected chi connectivity index (χ0v) is 13.4. The van der Waals surface area contributed by atoms with Gasteiger partial charge in [0.2, 0.25) is 0 Å². The summed E-state index contributed by atoms with van der Waals surface area (Å²) in [6.45, 7) is 0.594. The van der Waals surface area contributed by atoms with Gasteiger partial charge in [0.1, 0.15) is 5.70 Å². The minimum absolute atomic E-state index is 0.0268. The minimum atomic E-state index is -0.223. The Morgan fingerprint density at radius 3 is 2.74 bits per heavy atom. The highest BCUT2D eigenvalue weighted by Gasteiger charge is 2.21. The first kappa shape index (κ1) is 14.1. The summed E-state index contributed by atoms with van der Waals surface area (Å²) in [5, 5.41) is 8.50. The van der Waals surface area contributed by atoms with Crippen molar-refractivity contribution in [2.24, 2.45) is 0 Å². The highest BCUT2D eigenvalue weighted by atomic mass is 32.1. The Morgan fingerprint density at radius 2 is 1.96 bits per heavy atom. The van der Waals surface area contributed by atoms with Crippen LogP contribution >= 0.6 is 23.6 Å². The van der Waals surface area contributed by atoms with Crippen LogP contribution in [0.4, 0.5) is 0 Å². The third-order valence-corrected chi connectivity index (χ3v) is 5.00. The van der Waals surface area contributed by atoms with E-state index in [1.54, 1.807) is 17.4 Å². The van der Waals surface area contributed by atoms with Crippen LogP contribution in [0.15, 0.2) is 36.0 Å². The van der Waals surface area contributed by atoms with Gasteiger partial charge in [0.05, 0.1) is 0 Å². The molecule has 1 saturated heterocycles. The fourth-order valence-corrected chi connectivity index (χ4v) is 3.73. The van der Waals surface area contributed by atoms with Gasteiger partial charge in [0, 0.05) is 21.9 Å². The van der Waals surface area contributed by atoms with Crippen molar-refractivity contribution in [2.45, 2.75) is 6.54 Å². The molecule has 4 rings (SSSR count). The molecular weight excluding hydrogens is 330 g/mol. The van der Waals surface area contributed by atoms with Crippen LogP contribution in [0.1, 0.15) is 20.8 Å². The van der Waals surface area contributed by atoms with Gasteiger partial charge in [-0.2, -0.15) is 0 Å². The molecule has 0 spiro atoms. The van der Waals surface area contributed by atoms with E-state index in [1.807, 2.05) is 30.3 Å². The van der Waals surface area contributed by atoms with E-state index >= 15 is 0 Å². The number of thiocarbonyl (C=S) groups is 1. The van der Waals surface area contributed by atoms with Crippen LogP contribution in [-0.4, -0.2) is 16.9 Å². The molecule has 0 aliphatic carbocycles. The number of amides is 2. The average Bonchev–Trinajstić information content (AvgIpc) is 3.21. The van der Waals surface area contributed by atoms with Crippen LogP contribution in [0.5, 0.6) is 0 Å². The summed E-state index contributed by atoms with van der Waals surface area (Å²) in [6.07, 6.45) is 1.77. The molecular formula is C16H11N3O2S2. The number of thiophene rings is 1. The van der Waals surface area contributed by atoms with Crippen molar-refractivity contribution in [1.29, 1.82) is 0 Å². The van der Waals surface area contributed by atoms with Gasteiger partial charge in [0.15, 0.2) is 5.11 Å². The Morgan fingerprint density at radius 1 is 1.09 bits per heavy atom. The van der Waals surface area contributed by atoms with Crippen molar-refractivity contribution in [3.05, 3.63) is 52.0 Å². The van der Waals surface area contributed by atoms with Gasteiger partial charge in [-0.3, -0.25) is 14.9 Å². The molecule has 2 aliphatic heterocycles. The zero-order chi connectivity index (χ0) is 16.0. The monoisotopic (exact) mass is 341 g/mol. The molecule has 7 heteroatoms. The molecule has 0 unspecified atom stereocenters. The molecule has 2 amide bonds. The van der Waals surface area contributed by atoms with E-state index in [9.17, 15) is 9.59 Å². The molecule has 5 nitrogen and oxygen atoms in total. The lowest BCUT2D eigenvalue weighted by Gasteiger charge is -2.00. The second kappa shape index (κ2) is 5.29. The molecule has 2 aliphatic rings. The van der Waals surface area contributed by atoms with E-state index in [4.69, 9.17) is 12.2 Å². The molecule has 0 atom stereocenters. The van der Waals surface area contributed by atoms with Crippen LogP contribution in [-0.2, 0) is 11.3 Å². The lowest BCUT2D eigenvalue weighted by atomic mass is 10.1. The van der Waals surface area contributed by atoms with Crippen molar-refractivity contribution in [1.82, 2.24) is 16.0 Å². The number of hydrogen-bond acceptors (Lipinski definition) is 4. The molecule has 0 bridgehead atoms. The number of nitrogens with one attached hydrogen (secondary N) is 3. The van der Waals surface area contributed by atoms with Gasteiger partial charge in [-0.05, 0) is 47.6 Å². The van der Waals surface area contributed by atoms with Gasteiger partial charge in [-0.25, -0.2) is 0 Å². The molecule has 0 radical (unpaired) electrons. The summed E-state index contributed by atoms with van der Waals surface area (Å²) in [7, 11) is 0. The average molecular weight is 341 g/mol. The molecule has 3 N–H and O–H groups in total. The van der Waals surface area contributed by atoms with Crippen molar-refractivity contribution in [3.63, 3.8) is 0 Å². The fourth-order valence-electron chi connectivity index (χ4n) is 2.58. The first-order chi connectivity index (χ1) is 11.1. The van der Waals surface area contributed by atoms with E-state index in [0.29, 0.717) is 17.4 Å². The largest absolute Gasteiger partial charge is 0.348 e. The molecule has 3 heterocycles. The Labute approximate surface area is 141 Å². The van der Waals surface area contributed by atoms with Gasteiger partial charge < -0.3 is 10.6 Å². The summed E-state index contributed by atoms with van der Waals surface area (Å²) in [5.41, 5.74) is 3.20. The molecule has 2 aromatic rings. The van der Waals surface area contributed by atoms with Crippen molar-refractivity contribution >= 4 is 46.6 Å². The summed E-state index contributed by atoms with van der Waals surface area (Å²) in [5.74, 6) is -0.250. The highest BCUT2D eigenvalue weighted by molar-refractivity contribution is 7.80. The quantitative estimate of drug-likeness (QED) is 0.577. The van der Waals surface area contributed by atoms with Crippen molar-refractivity contribution in [2.75, 3.05) is 0 Å². The lowest BCUT2D eigenvalue weighted by Crippen LogP contribution is -2.21. The number of carbonyl (C=O) groups excluding carboxylic acids is 2. The second-order valence-corrected chi connectivity index (χ2v) is 6.75. The summed E-state index contributed by atoms with van der Waals surface area (Å²) in [6, 6.07) is 9.83. The maximum Gasteiger partial charge on any atom is 0.273 e. The van der Waals surface area contributed by atoms with Crippen molar-refractivity contribution < 1.29 is 9.59 Å². The Balaban J connectivity index is 1.65. The number of benzene rings is 1. The second-order valence-electron chi connectivity index (χ2n) is 5.22. The highest BCUT2D eigenvalue weighted by Crippen LogP contribution is 2.31. The SMILES string of the molecule is O=C1NC(=S)N/C1=C\c1ccc(-c2ccc3c(c2)C(=O)NC3)s1. The standard InChI is InChI=1S/C16H11N3O2S2/c20-14-11-5-8(1-2-9(11)7-17-14)13-4-3-10(23-13)6-12-15(21)19-16(22)18-12/h1-6H,7H2,(H,17,20)(H2,18,19,21,22)/b12-6-. The summed E-state index contributed by atoms with van der Waals surface area (Å²) in [4.78, 5) is 25.4. The third-order valence-electron chi connectivity index (χ3n) is 3.71. The topological polar surface area (TPSA) is 70.2 Å². The molecule has 1 aromatic carbocycles. The predicted octanol–water partition coefficient (Wildman–Crippen LogP) is 2.00. The van der Waals surface area contributed by atoms with Crippen molar-refractivity contribution in [3.8, 4) is 10.4 Å². The van der Waals surface area contributed by atoms with E-state index < -0.39 is 0 Å². The van der Waals surface area contributed by atoms with E-state index in [1.165, 1.54) is 0 Å². The number of carbonyl (C=O) groups is 2. The summed E-state index contributed by atoms with van der Waals surface area (Å²) >= 11 is 6.46. The van der Waals surface area contributed by atoms with Gasteiger partial charge in [0.25, 0.3) is 11.8 Å². The predicted molar refractivity (Wildman–Crippen MR) is 92.8 cm³/mol. The smallest absolute Gasteiger partial charge is 0.273 e. The molecule has 114 valence electrons. The van der Waals surface area contributed by atoms with Crippen LogP contribution in [0.3, 0.4) is 0 Å². The van der Waals surface area contributed by atoms with Gasteiger partial charge >= 0.3 is 0 Å². The van der Waals surface area contributed by atoms with Crippen LogP contribution in [0, 0.1) is 0 Å². The van der Waals surface area contributed by atoms with Crippen LogP contribution in [0.25, 0.3) is 16.5 Å². The Bertz CT molecular complexity index is 898. The normalized spacial score (nSPS) is 17.9.